The number of nitrogens with one attached hydrogen (secondary N) is 1. The van der Waals surface area contributed by atoms with Crippen molar-refractivity contribution in [2.75, 3.05) is 0 Å². The van der Waals surface area contributed by atoms with Gasteiger partial charge in [-0.25, -0.2) is 9.59 Å². The molecule has 1 amide bonds. The lowest BCUT2D eigenvalue weighted by molar-refractivity contribution is -0.779. The van der Waals surface area contributed by atoms with E-state index < -0.39 is 29.3 Å². The largest absolute Gasteiger partial charge is 0.458 e. The Bertz CT molecular complexity index is 1190. The van der Waals surface area contributed by atoms with Crippen LogP contribution in [-0.4, -0.2) is 39.2 Å². The molecule has 1 atom stereocenters. The molecule has 0 saturated heterocycles. The maximum absolute atomic E-state index is 12.8. The molecule has 0 spiro atoms. The summed E-state index contributed by atoms with van der Waals surface area (Å²) in [5.41, 5.74) is 1.50. The van der Waals surface area contributed by atoms with Crippen LogP contribution in [0, 0.1) is 0 Å². The Balaban J connectivity index is 1.64. The maximum Gasteiger partial charge on any atom is 0.408 e. The molecule has 0 unspecified atom stereocenters. The second-order valence-corrected chi connectivity index (χ2v) is 10.8. The van der Waals surface area contributed by atoms with Gasteiger partial charge in [-0.05, 0) is 59.2 Å². The molecule has 37 heavy (non-hydrogen) atoms. The molecule has 0 aliphatic heterocycles. The molecule has 0 radical (unpaired) electrons. The number of carbonyl (C=O) groups is 2. The fourth-order valence-corrected chi connectivity index (χ4v) is 3.52. The molecule has 1 aromatic heterocycles. The van der Waals surface area contributed by atoms with Crippen molar-refractivity contribution in [1.29, 1.82) is 0 Å². The number of alkyl carbamates (subject to hydrolysis) is 1. The minimum atomic E-state index is -0.902. The first-order valence-electron chi connectivity index (χ1n) is 12.2. The van der Waals surface area contributed by atoms with Gasteiger partial charge in [-0.2, -0.15) is 0 Å². The Morgan fingerprint density at radius 2 is 1.57 bits per heavy atom. The van der Waals surface area contributed by atoms with Gasteiger partial charge in [0, 0.05) is 12.0 Å². The average molecular weight is 510 g/mol. The number of benzene rings is 2. The number of aromatic nitrogens is 3. The minimum Gasteiger partial charge on any atom is -0.458 e. The highest BCUT2D eigenvalue weighted by Crippen LogP contribution is 2.18. The molecule has 0 fully saturated rings. The molecule has 198 valence electrons. The number of nitrogens with zero attached hydrogens (tertiary/aromatic N) is 3. The fourth-order valence-electron chi connectivity index (χ4n) is 3.52. The van der Waals surface area contributed by atoms with Crippen LogP contribution >= 0.6 is 0 Å². The number of hydrogen-bond donors (Lipinski definition) is 1. The predicted octanol–water partition coefficient (Wildman–Crippen LogP) is 4.19. The van der Waals surface area contributed by atoms with Crippen LogP contribution in [0.3, 0.4) is 0 Å². The van der Waals surface area contributed by atoms with E-state index in [0.29, 0.717) is 5.75 Å². The Hall–Kier alpha value is -3.88. The summed E-state index contributed by atoms with van der Waals surface area (Å²) >= 11 is 0. The highest BCUT2D eigenvalue weighted by molar-refractivity contribution is 5.82. The second-order valence-electron chi connectivity index (χ2n) is 10.8. The molecular weight excluding hydrogens is 472 g/mol. The molecular formula is C28H37N4O5+. The topological polar surface area (TPSA) is 95.6 Å². The lowest BCUT2D eigenvalue weighted by Gasteiger charge is -2.26. The number of carbonyl (C=O) groups excluding carboxylic acids is 2. The van der Waals surface area contributed by atoms with Crippen LogP contribution in [0.2, 0.25) is 0 Å². The van der Waals surface area contributed by atoms with Crippen molar-refractivity contribution in [1.82, 2.24) is 15.2 Å². The van der Waals surface area contributed by atoms with E-state index in [-0.39, 0.29) is 13.2 Å². The third-order valence-corrected chi connectivity index (χ3v) is 5.05. The SMILES string of the molecule is Cn1n[n+](COc2ccc(C[C@H](NC(=O)OC(C)(C)C)C(=O)OC(C)(C)C)cc2)cc1-c1ccccc1. The molecule has 9 heteroatoms. The van der Waals surface area contributed by atoms with Gasteiger partial charge in [0.2, 0.25) is 0 Å². The monoisotopic (exact) mass is 509 g/mol. The van der Waals surface area contributed by atoms with Crippen molar-refractivity contribution in [3.63, 3.8) is 0 Å². The smallest absolute Gasteiger partial charge is 0.408 e. The van der Waals surface area contributed by atoms with E-state index in [0.717, 1.165) is 16.8 Å². The third kappa shape index (κ3) is 8.93. The molecule has 1 heterocycles. The predicted molar refractivity (Wildman–Crippen MR) is 139 cm³/mol. The van der Waals surface area contributed by atoms with Gasteiger partial charge in [0.05, 0.1) is 5.21 Å². The van der Waals surface area contributed by atoms with Crippen LogP contribution < -0.4 is 14.7 Å². The summed E-state index contributed by atoms with van der Waals surface area (Å²) < 4.78 is 20.3. The van der Waals surface area contributed by atoms with E-state index in [2.05, 4.69) is 10.5 Å². The van der Waals surface area contributed by atoms with E-state index in [1.807, 2.05) is 67.8 Å². The summed E-state index contributed by atoms with van der Waals surface area (Å²) in [5.74, 6) is 0.122. The summed E-state index contributed by atoms with van der Waals surface area (Å²) in [7, 11) is 1.89. The van der Waals surface area contributed by atoms with Crippen molar-refractivity contribution in [3.05, 3.63) is 66.4 Å². The Kier molecular flexibility index (Phi) is 8.57. The number of rotatable bonds is 8. The highest BCUT2D eigenvalue weighted by atomic mass is 16.6. The number of aryl methyl sites for hydroxylation is 1. The number of ether oxygens (including phenoxy) is 3. The summed E-state index contributed by atoms with van der Waals surface area (Å²) in [4.78, 5) is 25.1. The summed E-state index contributed by atoms with van der Waals surface area (Å²) in [5, 5.41) is 7.11. The number of amides is 1. The van der Waals surface area contributed by atoms with Gasteiger partial charge >= 0.3 is 12.1 Å². The molecule has 9 nitrogen and oxygen atoms in total. The summed E-state index contributed by atoms with van der Waals surface area (Å²) in [6, 6.07) is 16.4. The van der Waals surface area contributed by atoms with Crippen LogP contribution in [0.4, 0.5) is 4.79 Å². The van der Waals surface area contributed by atoms with Crippen molar-refractivity contribution < 1.29 is 28.5 Å². The molecule has 2 aromatic carbocycles. The summed E-state index contributed by atoms with van der Waals surface area (Å²) in [6.45, 7) is 10.9. The van der Waals surface area contributed by atoms with E-state index in [9.17, 15) is 9.59 Å². The Labute approximate surface area is 218 Å². The van der Waals surface area contributed by atoms with Crippen LogP contribution in [0.1, 0.15) is 47.1 Å². The van der Waals surface area contributed by atoms with Crippen molar-refractivity contribution in [2.24, 2.45) is 7.05 Å². The van der Waals surface area contributed by atoms with Gasteiger partial charge in [-0.1, -0.05) is 42.5 Å². The first-order valence-corrected chi connectivity index (χ1v) is 12.2. The number of esters is 1. The van der Waals surface area contributed by atoms with Gasteiger partial charge in [0.25, 0.3) is 6.73 Å². The second kappa shape index (κ2) is 11.5. The normalized spacial score (nSPS) is 12.5. The zero-order chi connectivity index (χ0) is 27.2. The van der Waals surface area contributed by atoms with Gasteiger partial charge < -0.3 is 19.5 Å². The van der Waals surface area contributed by atoms with Crippen molar-refractivity contribution >= 4 is 12.1 Å². The zero-order valence-electron chi connectivity index (χ0n) is 22.6. The van der Waals surface area contributed by atoms with E-state index in [4.69, 9.17) is 14.2 Å². The molecule has 3 aromatic rings. The lowest BCUT2D eigenvalue weighted by Crippen LogP contribution is -2.47. The fraction of sp³-hybridized carbons (Fsp3) is 0.429. The maximum atomic E-state index is 12.8. The van der Waals surface area contributed by atoms with E-state index in [1.54, 1.807) is 50.9 Å². The Morgan fingerprint density at radius 1 is 0.946 bits per heavy atom. The van der Waals surface area contributed by atoms with Gasteiger partial charge in [-0.15, -0.1) is 9.36 Å². The first kappa shape index (κ1) is 27.7. The lowest BCUT2D eigenvalue weighted by atomic mass is 10.1. The van der Waals surface area contributed by atoms with Crippen LogP contribution in [0.15, 0.2) is 60.8 Å². The van der Waals surface area contributed by atoms with Crippen LogP contribution in [0.25, 0.3) is 11.3 Å². The average Bonchev–Trinajstić information content (AvgIpc) is 3.17. The third-order valence-electron chi connectivity index (χ3n) is 5.05. The van der Waals surface area contributed by atoms with Crippen molar-refractivity contribution in [2.45, 2.75) is 71.9 Å². The molecule has 0 aliphatic rings. The van der Waals surface area contributed by atoms with Crippen molar-refractivity contribution in [3.8, 4) is 17.0 Å². The molecule has 3 rings (SSSR count). The number of hydrogen-bond acceptors (Lipinski definition) is 6. The molecule has 0 bridgehead atoms. The van der Waals surface area contributed by atoms with Crippen LogP contribution in [0.5, 0.6) is 5.75 Å². The van der Waals surface area contributed by atoms with Gasteiger partial charge in [0.15, 0.2) is 11.9 Å². The quantitative estimate of drug-likeness (QED) is 0.361. The van der Waals surface area contributed by atoms with E-state index in [1.165, 1.54) is 0 Å². The highest BCUT2D eigenvalue weighted by Gasteiger charge is 2.29. The zero-order valence-corrected chi connectivity index (χ0v) is 22.6. The van der Waals surface area contributed by atoms with Crippen LogP contribution in [-0.2, 0) is 34.5 Å². The van der Waals surface area contributed by atoms with Gasteiger partial charge in [0.1, 0.15) is 30.0 Å². The summed E-state index contributed by atoms with van der Waals surface area (Å²) in [6.07, 6.45) is 1.49. The molecule has 0 aliphatic carbocycles. The van der Waals surface area contributed by atoms with Gasteiger partial charge in [-0.3, -0.25) is 0 Å². The first-order chi connectivity index (χ1) is 17.3. The van der Waals surface area contributed by atoms with E-state index >= 15 is 0 Å². The Morgan fingerprint density at radius 3 is 2.16 bits per heavy atom. The minimum absolute atomic E-state index is 0.237. The molecule has 1 N–H and O–H groups in total. The molecule has 0 saturated carbocycles. The standard InChI is InChI=1S/C28H36N4O5/c1-27(2,3)36-25(33)23(29-26(34)37-28(4,5)6)17-20-13-15-22(16-14-20)35-19-32-18-24(31(7)30-32)21-11-9-8-10-12-21/h8-16,18,23H,17,19H2,1-7H3/p+1/t23-/m0/s1.